The van der Waals surface area contributed by atoms with Crippen LogP contribution in [0.1, 0.15) is 65.2 Å². The molecule has 0 spiro atoms. The number of fused-ring (bicyclic) bond motifs is 1. The Morgan fingerprint density at radius 1 is 0.750 bits per heavy atom. The second kappa shape index (κ2) is 10.9. The average molecular weight is 378 g/mol. The highest BCUT2D eigenvalue weighted by Gasteiger charge is 2.10. The predicted molar refractivity (Wildman–Crippen MR) is 121 cm³/mol. The van der Waals surface area contributed by atoms with Crippen molar-refractivity contribution in [3.8, 4) is 17.0 Å². The van der Waals surface area contributed by atoms with Gasteiger partial charge in [-0.2, -0.15) is 0 Å². The van der Waals surface area contributed by atoms with Crippen LogP contribution in [0.4, 0.5) is 0 Å². The summed E-state index contributed by atoms with van der Waals surface area (Å²) >= 11 is 0. The van der Waals surface area contributed by atoms with Gasteiger partial charge in [0.25, 0.3) is 0 Å². The maximum absolute atomic E-state index is 5.92. The van der Waals surface area contributed by atoms with Crippen molar-refractivity contribution in [2.24, 2.45) is 0 Å². The number of ether oxygens (including phenoxy) is 1. The van der Waals surface area contributed by atoms with Crippen LogP contribution in [0.3, 0.4) is 0 Å². The van der Waals surface area contributed by atoms with Crippen molar-refractivity contribution in [3.05, 3.63) is 54.6 Å². The van der Waals surface area contributed by atoms with E-state index in [2.05, 4.69) is 73.0 Å². The van der Waals surface area contributed by atoms with Crippen LogP contribution in [-0.2, 0) is 6.54 Å². The number of hydrogen-bond acceptors (Lipinski definition) is 1. The molecule has 0 unspecified atom stereocenters. The van der Waals surface area contributed by atoms with Crippen LogP contribution in [-0.4, -0.2) is 11.2 Å². The van der Waals surface area contributed by atoms with E-state index >= 15 is 0 Å². The molecule has 2 heteroatoms. The molecule has 2 aromatic carbocycles. The summed E-state index contributed by atoms with van der Waals surface area (Å²) in [6.45, 7) is 6.40. The first-order valence-electron chi connectivity index (χ1n) is 11.1. The van der Waals surface area contributed by atoms with Crippen molar-refractivity contribution < 1.29 is 4.74 Å². The summed E-state index contributed by atoms with van der Waals surface area (Å²) < 4.78 is 8.41. The summed E-state index contributed by atoms with van der Waals surface area (Å²) in [4.78, 5) is 0. The number of hydrogen-bond donors (Lipinski definition) is 0. The van der Waals surface area contributed by atoms with Gasteiger partial charge in [0.15, 0.2) is 0 Å². The lowest BCUT2D eigenvalue weighted by Gasteiger charge is -2.12. The highest BCUT2D eigenvalue weighted by atomic mass is 16.5. The van der Waals surface area contributed by atoms with Gasteiger partial charge in [0.05, 0.1) is 6.61 Å². The third kappa shape index (κ3) is 5.41. The Balaban J connectivity index is 1.72. The lowest BCUT2D eigenvalue weighted by Crippen LogP contribution is -2.00. The fourth-order valence-corrected chi connectivity index (χ4v) is 3.83. The van der Waals surface area contributed by atoms with E-state index in [0.29, 0.717) is 0 Å². The van der Waals surface area contributed by atoms with E-state index in [-0.39, 0.29) is 0 Å². The molecule has 0 aliphatic heterocycles. The second-order valence-corrected chi connectivity index (χ2v) is 7.73. The SMILES string of the molecule is CCCCCCOc1ccc(-c2cc3ccccc3n2CCCCCC)cc1. The summed E-state index contributed by atoms with van der Waals surface area (Å²) in [7, 11) is 0. The minimum absolute atomic E-state index is 0.817. The molecule has 28 heavy (non-hydrogen) atoms. The van der Waals surface area contributed by atoms with Crippen LogP contribution in [0.25, 0.3) is 22.2 Å². The fourth-order valence-electron chi connectivity index (χ4n) is 3.83. The highest BCUT2D eigenvalue weighted by molar-refractivity contribution is 5.87. The maximum atomic E-state index is 5.92. The number of aryl methyl sites for hydroxylation is 1. The molecule has 0 aliphatic rings. The zero-order valence-corrected chi connectivity index (χ0v) is 17.6. The number of benzene rings is 2. The number of rotatable bonds is 12. The average Bonchev–Trinajstić information content (AvgIpc) is 3.10. The van der Waals surface area contributed by atoms with Gasteiger partial charge in [0, 0.05) is 23.1 Å². The van der Waals surface area contributed by atoms with Crippen LogP contribution in [0, 0.1) is 0 Å². The van der Waals surface area contributed by atoms with Gasteiger partial charge in [-0.3, -0.25) is 0 Å². The Labute approximate surface area is 170 Å². The molecule has 0 fully saturated rings. The molecule has 0 atom stereocenters. The van der Waals surface area contributed by atoms with Gasteiger partial charge >= 0.3 is 0 Å². The van der Waals surface area contributed by atoms with E-state index in [4.69, 9.17) is 4.74 Å². The molecule has 1 aromatic heterocycles. The molecule has 150 valence electrons. The quantitative estimate of drug-likeness (QED) is 0.293. The van der Waals surface area contributed by atoms with Gasteiger partial charge in [-0.25, -0.2) is 0 Å². The predicted octanol–water partition coefficient (Wildman–Crippen LogP) is 7.85. The Morgan fingerprint density at radius 2 is 1.46 bits per heavy atom. The summed E-state index contributed by atoms with van der Waals surface area (Å²) in [5.41, 5.74) is 3.92. The van der Waals surface area contributed by atoms with Gasteiger partial charge in [-0.05, 0) is 54.8 Å². The third-order valence-corrected chi connectivity index (χ3v) is 5.46. The van der Waals surface area contributed by atoms with Crippen molar-refractivity contribution in [3.63, 3.8) is 0 Å². The minimum Gasteiger partial charge on any atom is -0.494 e. The van der Waals surface area contributed by atoms with E-state index in [0.717, 1.165) is 25.3 Å². The Bertz CT molecular complexity index is 831. The van der Waals surface area contributed by atoms with Gasteiger partial charge in [0.1, 0.15) is 5.75 Å². The number of para-hydroxylation sites is 1. The molecule has 0 saturated heterocycles. The van der Waals surface area contributed by atoms with Crippen molar-refractivity contribution in [1.82, 2.24) is 4.57 Å². The van der Waals surface area contributed by atoms with Gasteiger partial charge in [-0.1, -0.05) is 70.6 Å². The van der Waals surface area contributed by atoms with Crippen molar-refractivity contribution in [2.75, 3.05) is 6.61 Å². The first-order chi connectivity index (χ1) is 13.8. The van der Waals surface area contributed by atoms with Crippen LogP contribution >= 0.6 is 0 Å². The zero-order chi connectivity index (χ0) is 19.6. The van der Waals surface area contributed by atoms with Crippen LogP contribution < -0.4 is 4.74 Å². The summed E-state index contributed by atoms with van der Waals surface area (Å²) in [6.07, 6.45) is 10.1. The molecule has 2 nitrogen and oxygen atoms in total. The molecule has 0 saturated carbocycles. The molecule has 0 N–H and O–H groups in total. The van der Waals surface area contributed by atoms with E-state index in [1.165, 1.54) is 67.1 Å². The number of aromatic nitrogens is 1. The number of unbranched alkanes of at least 4 members (excludes halogenated alkanes) is 6. The third-order valence-electron chi connectivity index (χ3n) is 5.46. The fraction of sp³-hybridized carbons (Fsp3) is 0.462. The minimum atomic E-state index is 0.817. The lowest BCUT2D eigenvalue weighted by atomic mass is 10.1. The highest BCUT2D eigenvalue weighted by Crippen LogP contribution is 2.30. The zero-order valence-electron chi connectivity index (χ0n) is 17.6. The first-order valence-corrected chi connectivity index (χ1v) is 11.1. The van der Waals surface area contributed by atoms with Crippen LogP contribution in [0.15, 0.2) is 54.6 Å². The Kier molecular flexibility index (Phi) is 8.02. The van der Waals surface area contributed by atoms with Crippen LogP contribution in [0.5, 0.6) is 5.75 Å². The smallest absolute Gasteiger partial charge is 0.119 e. The molecule has 3 aromatic rings. The topological polar surface area (TPSA) is 14.2 Å². The lowest BCUT2D eigenvalue weighted by molar-refractivity contribution is 0.305. The Morgan fingerprint density at radius 3 is 2.21 bits per heavy atom. The van der Waals surface area contributed by atoms with Crippen molar-refractivity contribution in [1.29, 1.82) is 0 Å². The molecule has 0 radical (unpaired) electrons. The molecule has 0 aliphatic carbocycles. The molecular formula is C26H35NO. The van der Waals surface area contributed by atoms with Gasteiger partial charge in [0.2, 0.25) is 0 Å². The van der Waals surface area contributed by atoms with E-state index in [1.54, 1.807) is 0 Å². The van der Waals surface area contributed by atoms with E-state index < -0.39 is 0 Å². The summed E-state index contributed by atoms with van der Waals surface area (Å²) in [5, 5.41) is 1.32. The molecule has 0 bridgehead atoms. The van der Waals surface area contributed by atoms with Gasteiger partial charge in [-0.15, -0.1) is 0 Å². The molecular weight excluding hydrogens is 342 g/mol. The molecule has 1 heterocycles. The molecule has 3 rings (SSSR count). The van der Waals surface area contributed by atoms with Crippen molar-refractivity contribution in [2.45, 2.75) is 71.8 Å². The van der Waals surface area contributed by atoms with E-state index in [1.807, 2.05) is 0 Å². The monoisotopic (exact) mass is 377 g/mol. The Hall–Kier alpha value is -2.22. The van der Waals surface area contributed by atoms with Crippen molar-refractivity contribution >= 4 is 10.9 Å². The van der Waals surface area contributed by atoms with Gasteiger partial charge < -0.3 is 9.30 Å². The summed E-state index contributed by atoms with van der Waals surface area (Å²) in [5.74, 6) is 0.978. The largest absolute Gasteiger partial charge is 0.494 e. The maximum Gasteiger partial charge on any atom is 0.119 e. The summed E-state index contributed by atoms with van der Waals surface area (Å²) in [6, 6.07) is 19.7. The molecule has 0 amide bonds. The number of nitrogens with zero attached hydrogens (tertiary/aromatic N) is 1. The standard InChI is InChI=1S/C26H35NO/c1-3-5-7-11-19-27-25-14-10-9-13-23(25)21-26(27)22-15-17-24(18-16-22)28-20-12-8-6-4-2/h9-10,13-18,21H,3-8,11-12,19-20H2,1-2H3. The first kappa shape index (κ1) is 20.5. The van der Waals surface area contributed by atoms with E-state index in [9.17, 15) is 0 Å². The van der Waals surface area contributed by atoms with Crippen LogP contribution in [0.2, 0.25) is 0 Å². The normalized spacial score (nSPS) is 11.2. The second-order valence-electron chi connectivity index (χ2n) is 7.73.